The zero-order valence-corrected chi connectivity index (χ0v) is 25.6. The van der Waals surface area contributed by atoms with Gasteiger partial charge in [-0.1, -0.05) is 24.0 Å². The maximum Gasteiger partial charge on any atom is 0.523 e. The third-order valence-electron chi connectivity index (χ3n) is 3.00. The number of nitrogens with one attached hydrogen (secondary N) is 2. The highest BCUT2D eigenvalue weighted by molar-refractivity contribution is 8.13. The first-order chi connectivity index (χ1) is 18.3. The number of alkyl halides is 12. The predicted octanol–water partition coefficient (Wildman–Crippen LogP) is 2.73. The second-order valence-electron chi connectivity index (χ2n) is 7.22. The van der Waals surface area contributed by atoms with E-state index in [0.717, 1.165) is 23.3 Å². The van der Waals surface area contributed by atoms with Crippen LogP contribution in [0, 0.1) is 0 Å². The van der Waals surface area contributed by atoms with E-state index in [1.54, 1.807) is 25.7 Å². The smallest absolute Gasteiger partial charge is 0.523 e. The minimum Gasteiger partial charge on any atom is -0.741 e. The van der Waals surface area contributed by atoms with Gasteiger partial charge >= 0.3 is 33.5 Å². The van der Waals surface area contributed by atoms with Gasteiger partial charge in [0.05, 0.1) is 17.3 Å². The van der Waals surface area contributed by atoms with Crippen LogP contribution in [0.5, 0.6) is 0 Å². The fourth-order valence-corrected chi connectivity index (χ4v) is 2.58. The third-order valence-corrected chi connectivity index (χ3v) is 6.39. The molecule has 0 aromatic carbocycles. The van der Waals surface area contributed by atoms with Gasteiger partial charge in [0.15, 0.2) is 16.7 Å². The fourth-order valence-electron chi connectivity index (χ4n) is 1.18. The lowest BCUT2D eigenvalue weighted by Crippen LogP contribution is -2.29. The van der Waals surface area contributed by atoms with Gasteiger partial charge in [0.2, 0.25) is 5.04 Å². The number of rotatable bonds is 7. The maximum atomic E-state index is 11.8. The van der Waals surface area contributed by atoms with Gasteiger partial charge in [-0.2, -0.15) is 61.1 Å². The van der Waals surface area contributed by atoms with Gasteiger partial charge in [-0.05, 0) is 14.1 Å². The minimum absolute atomic E-state index is 0.466. The molecule has 26 heteroatoms. The second kappa shape index (κ2) is 20.0. The Hall–Kier alpha value is -1.19. The molecule has 256 valence electrons. The van der Waals surface area contributed by atoms with Crippen molar-refractivity contribution in [3.63, 3.8) is 0 Å². The lowest BCUT2D eigenvalue weighted by molar-refractivity contribution is -0.462. The first-order valence-corrected chi connectivity index (χ1v) is 14.2. The molecule has 0 radical (unpaired) electrons. The van der Waals surface area contributed by atoms with Crippen molar-refractivity contribution < 1.29 is 82.8 Å². The largest absolute Gasteiger partial charge is 0.741 e. The summed E-state index contributed by atoms with van der Waals surface area (Å²) in [5.41, 5.74) is -11.5. The van der Waals surface area contributed by atoms with Gasteiger partial charge in [-0.15, -0.1) is 0 Å². The Kier molecular flexibility index (Phi) is 22.7. The molecule has 0 spiro atoms. The van der Waals surface area contributed by atoms with Crippen molar-refractivity contribution >= 4 is 54.2 Å². The van der Waals surface area contributed by atoms with Gasteiger partial charge in [-0.25, -0.2) is 13.0 Å². The molecule has 0 atom stereocenters. The first kappa shape index (κ1) is 47.7. The zero-order chi connectivity index (χ0) is 35.0. The summed E-state index contributed by atoms with van der Waals surface area (Å²) in [5, 5.41) is 6.46. The van der Waals surface area contributed by atoms with Crippen molar-refractivity contribution in [2.45, 2.75) is 23.4 Å². The molecule has 0 amide bonds. The van der Waals surface area contributed by atoms with Crippen molar-refractivity contribution in [2.75, 3.05) is 67.7 Å². The summed E-state index contributed by atoms with van der Waals surface area (Å²) >= 11 is 5.76. The van der Waals surface area contributed by atoms with Crippen LogP contribution >= 0.6 is 24.0 Å². The lowest BCUT2D eigenvalue weighted by Gasteiger charge is -2.11. The monoisotopic (exact) mass is 728 g/mol. The van der Waals surface area contributed by atoms with Crippen molar-refractivity contribution in [1.29, 1.82) is 0 Å². The molecular formula is C16H28F12N4O6S4. The van der Waals surface area contributed by atoms with E-state index in [-0.39, 0.29) is 0 Å². The summed E-state index contributed by atoms with van der Waals surface area (Å²) in [7, 11) is -1.30. The van der Waals surface area contributed by atoms with Crippen LogP contribution in [0.1, 0.15) is 0 Å². The Balaban J connectivity index is -0.000000235. The predicted molar refractivity (Wildman–Crippen MR) is 133 cm³/mol. The van der Waals surface area contributed by atoms with E-state index in [1.165, 1.54) is 0 Å². The van der Waals surface area contributed by atoms with Crippen molar-refractivity contribution in [3.8, 4) is 0 Å². The average molecular weight is 729 g/mol. The summed E-state index contributed by atoms with van der Waals surface area (Å²) in [6, 6.07) is 0. The number of hydrogen-bond donors (Lipinski definition) is 2. The number of likely N-dealkylation sites (N-methyl/N-ethyl adjacent to an activating group) is 2. The summed E-state index contributed by atoms with van der Waals surface area (Å²) in [6.07, 6.45) is -9.22. The highest BCUT2D eigenvalue weighted by Crippen LogP contribution is 2.27. The Morgan fingerprint density at radius 1 is 0.833 bits per heavy atom. The van der Waals surface area contributed by atoms with Crippen LogP contribution in [0.15, 0.2) is 0 Å². The molecule has 0 rings (SSSR count). The van der Waals surface area contributed by atoms with Crippen molar-refractivity contribution in [1.82, 2.24) is 15.5 Å². The lowest BCUT2D eigenvalue weighted by atomic mass is 10.6. The molecule has 42 heavy (non-hydrogen) atoms. The second-order valence-corrected chi connectivity index (χ2v) is 11.7. The quantitative estimate of drug-likeness (QED) is 0.0587. The topological polar surface area (TPSA) is 131 Å². The van der Waals surface area contributed by atoms with E-state index >= 15 is 0 Å². The van der Waals surface area contributed by atoms with Crippen LogP contribution in [0.25, 0.3) is 0 Å². The molecule has 0 aromatic heterocycles. The van der Waals surface area contributed by atoms with E-state index in [4.69, 9.17) is 25.2 Å². The molecule has 0 saturated heterocycles. The SMILES string of the molecule is CNCC(=S)N(C)C.CNCC(SCC(F)(F)F)=[N+](C)C.O=S(=O)(OCC(F)(F)F)C(F)(F)F.O=S(=O)([O-])C(F)(F)F. The van der Waals surface area contributed by atoms with Crippen molar-refractivity contribution in [3.05, 3.63) is 0 Å². The number of halogens is 12. The molecule has 0 aliphatic carbocycles. The molecule has 0 saturated carbocycles. The molecule has 0 bridgehead atoms. The number of hydrogen-bond acceptors (Lipinski definition) is 10. The number of thiocarbonyl (C=S) groups is 1. The highest BCUT2D eigenvalue weighted by atomic mass is 32.2. The Bertz CT molecular complexity index is 1020. The van der Waals surface area contributed by atoms with E-state index in [9.17, 15) is 61.1 Å². The molecule has 0 aliphatic heterocycles. The highest BCUT2D eigenvalue weighted by Gasteiger charge is 2.49. The number of thioether (sulfide) groups is 1. The van der Waals surface area contributed by atoms with Gasteiger partial charge in [0.25, 0.3) is 0 Å². The van der Waals surface area contributed by atoms with Gasteiger partial charge < -0.3 is 20.1 Å². The molecule has 0 heterocycles. The third kappa shape index (κ3) is 28.9. The molecule has 0 aliphatic rings. The van der Waals surface area contributed by atoms with E-state index in [0.29, 0.717) is 11.6 Å². The van der Waals surface area contributed by atoms with E-state index in [1.807, 2.05) is 26.0 Å². The molecule has 0 aromatic rings. The normalized spacial score (nSPS) is 12.5. The van der Waals surface area contributed by atoms with Crippen LogP contribution in [-0.4, -0.2) is 132 Å². The standard InChI is InChI=1S/C7H14F3N2S.C5H12N2S.C3H2F6O3S.CHF3O3S/c1-11-4-6(12(2)3)13-5-7(8,9)10;1-6-4-5(8)7(2)3;4-2(5,6)1-12-13(10,11)3(7,8)9;2-1(3,4)8(5,6)7/h11H,4-5H2,1-3H3;6H,4H2,1-3H3;1H2;(H,5,6,7)/q+1;;;/p-1. The Morgan fingerprint density at radius 3 is 1.40 bits per heavy atom. The Labute approximate surface area is 243 Å². The van der Waals surface area contributed by atoms with Crippen molar-refractivity contribution in [2.24, 2.45) is 0 Å². The molecular weight excluding hydrogens is 700 g/mol. The van der Waals surface area contributed by atoms with Gasteiger partial charge in [0, 0.05) is 20.6 Å². The number of nitrogens with zero attached hydrogens (tertiary/aromatic N) is 2. The summed E-state index contributed by atoms with van der Waals surface area (Å²) in [6.45, 7) is -1.23. The molecule has 0 fully saturated rings. The van der Waals surface area contributed by atoms with Crippen LogP contribution in [-0.2, 0) is 24.4 Å². The summed E-state index contributed by atoms with van der Waals surface area (Å²) in [5.74, 6) is -0.831. The Morgan fingerprint density at radius 2 is 1.21 bits per heavy atom. The molecule has 0 unspecified atom stereocenters. The fraction of sp³-hybridized carbons (Fsp3) is 0.875. The zero-order valence-electron chi connectivity index (χ0n) is 22.3. The summed E-state index contributed by atoms with van der Waals surface area (Å²) < 4.78 is 186. The van der Waals surface area contributed by atoms with Crippen LogP contribution in [0.4, 0.5) is 52.7 Å². The van der Waals surface area contributed by atoms with Crippen LogP contribution in [0.3, 0.4) is 0 Å². The first-order valence-electron chi connectivity index (χ1n) is 10.0. The van der Waals surface area contributed by atoms with E-state index < -0.39 is 56.0 Å². The molecule has 10 nitrogen and oxygen atoms in total. The van der Waals surface area contributed by atoms with Gasteiger partial charge in [-0.3, -0.25) is 4.18 Å². The van der Waals surface area contributed by atoms with Crippen LogP contribution < -0.4 is 10.6 Å². The van der Waals surface area contributed by atoms with Crippen LogP contribution in [0.2, 0.25) is 0 Å². The van der Waals surface area contributed by atoms with E-state index in [2.05, 4.69) is 14.8 Å². The van der Waals surface area contributed by atoms with Gasteiger partial charge in [0.1, 0.15) is 14.1 Å². The molecule has 2 N–H and O–H groups in total. The maximum absolute atomic E-state index is 11.8. The summed E-state index contributed by atoms with van der Waals surface area (Å²) in [4.78, 5) is 2.86. The minimum atomic E-state index is -6.15. The average Bonchev–Trinajstić information content (AvgIpc) is 2.73.